The third-order valence-corrected chi connectivity index (χ3v) is 2.57. The Balaban J connectivity index is 2.70. The van der Waals surface area contributed by atoms with Gasteiger partial charge in [-0.3, -0.25) is 10.1 Å². The largest absolute Gasteiger partial charge is 0.392 e. The molecule has 2 atom stereocenters. The number of nitro benzene ring substituents is 1. The average Bonchev–Trinajstić information content (AvgIpc) is 2.28. The van der Waals surface area contributed by atoms with E-state index in [-0.39, 0.29) is 18.2 Å². The van der Waals surface area contributed by atoms with Crippen LogP contribution in [-0.4, -0.2) is 22.7 Å². The van der Waals surface area contributed by atoms with E-state index in [4.69, 9.17) is 5.73 Å². The zero-order valence-corrected chi connectivity index (χ0v) is 9.17. The van der Waals surface area contributed by atoms with E-state index in [0.717, 1.165) is 5.56 Å². The molecule has 0 saturated carbocycles. The number of nitrogens with zero attached hydrogens (tertiary/aromatic N) is 1. The third-order valence-electron chi connectivity index (χ3n) is 2.57. The van der Waals surface area contributed by atoms with Crippen molar-refractivity contribution in [1.29, 1.82) is 0 Å². The lowest BCUT2D eigenvalue weighted by Gasteiger charge is -2.15. The molecule has 0 aromatic heterocycles. The van der Waals surface area contributed by atoms with Crippen molar-refractivity contribution < 1.29 is 10.0 Å². The monoisotopic (exact) mass is 224 g/mol. The summed E-state index contributed by atoms with van der Waals surface area (Å²) >= 11 is 0. The summed E-state index contributed by atoms with van der Waals surface area (Å²) in [5.41, 5.74) is 6.37. The molecule has 0 bridgehead atoms. The van der Waals surface area contributed by atoms with Gasteiger partial charge in [0.2, 0.25) is 0 Å². The number of aliphatic hydroxyl groups excluding tert-OH is 1. The lowest BCUT2D eigenvalue weighted by Crippen LogP contribution is -2.21. The first-order chi connectivity index (χ1) is 7.54. The number of aliphatic hydroxyl groups is 1. The summed E-state index contributed by atoms with van der Waals surface area (Å²) in [7, 11) is 0. The first kappa shape index (κ1) is 12.6. The number of non-ortho nitro benzene ring substituents is 1. The summed E-state index contributed by atoms with van der Waals surface area (Å²) in [4.78, 5) is 10.0. The van der Waals surface area contributed by atoms with Gasteiger partial charge in [-0.25, -0.2) is 0 Å². The molecule has 88 valence electrons. The predicted octanol–water partition coefficient (Wildman–Crippen LogP) is 1.41. The molecule has 3 N–H and O–H groups in total. The van der Waals surface area contributed by atoms with Crippen molar-refractivity contribution in [3.8, 4) is 0 Å². The van der Waals surface area contributed by atoms with E-state index in [1.54, 1.807) is 12.1 Å². The Labute approximate surface area is 94.0 Å². The van der Waals surface area contributed by atoms with E-state index >= 15 is 0 Å². The van der Waals surface area contributed by atoms with Crippen LogP contribution in [0.3, 0.4) is 0 Å². The Hall–Kier alpha value is -1.46. The lowest BCUT2D eigenvalue weighted by atomic mass is 9.95. The molecule has 0 heterocycles. The highest BCUT2D eigenvalue weighted by Crippen LogP contribution is 2.22. The fourth-order valence-corrected chi connectivity index (χ4v) is 1.56. The van der Waals surface area contributed by atoms with Crippen molar-refractivity contribution in [2.45, 2.75) is 25.4 Å². The molecule has 0 aliphatic carbocycles. The molecule has 5 heteroatoms. The number of hydrogen-bond donors (Lipinski definition) is 2. The van der Waals surface area contributed by atoms with Crippen LogP contribution >= 0.6 is 0 Å². The number of hydrogen-bond acceptors (Lipinski definition) is 4. The molecule has 0 spiro atoms. The fraction of sp³-hybridized carbons (Fsp3) is 0.455. The topological polar surface area (TPSA) is 89.4 Å². The van der Waals surface area contributed by atoms with Crippen LogP contribution in [0, 0.1) is 10.1 Å². The zero-order valence-electron chi connectivity index (χ0n) is 9.17. The van der Waals surface area contributed by atoms with Gasteiger partial charge in [-0.15, -0.1) is 0 Å². The van der Waals surface area contributed by atoms with Gasteiger partial charge >= 0.3 is 0 Å². The minimum absolute atomic E-state index is 0.0790. The van der Waals surface area contributed by atoms with Crippen molar-refractivity contribution in [2.24, 2.45) is 5.73 Å². The number of nitro groups is 1. The molecule has 1 aromatic carbocycles. The normalized spacial score (nSPS) is 14.4. The molecule has 0 radical (unpaired) electrons. The van der Waals surface area contributed by atoms with Crippen LogP contribution in [-0.2, 0) is 0 Å². The molecule has 0 amide bonds. The summed E-state index contributed by atoms with van der Waals surface area (Å²) in [6.07, 6.45) is 0.0408. The number of nitrogens with two attached hydrogens (primary N) is 1. The zero-order chi connectivity index (χ0) is 12.1. The Kier molecular flexibility index (Phi) is 4.39. The van der Waals surface area contributed by atoms with Crippen LogP contribution in [0.1, 0.15) is 24.8 Å². The number of rotatable bonds is 5. The molecule has 0 fully saturated rings. The van der Waals surface area contributed by atoms with Crippen molar-refractivity contribution in [1.82, 2.24) is 0 Å². The predicted molar refractivity (Wildman–Crippen MR) is 61.2 cm³/mol. The van der Waals surface area contributed by atoms with Crippen LogP contribution in [0.2, 0.25) is 0 Å². The molecule has 0 aliphatic heterocycles. The number of benzene rings is 1. The van der Waals surface area contributed by atoms with Crippen LogP contribution in [0.5, 0.6) is 0 Å². The van der Waals surface area contributed by atoms with Crippen molar-refractivity contribution in [3.05, 3.63) is 39.9 Å². The minimum atomic E-state index is -0.523. The average molecular weight is 224 g/mol. The summed E-state index contributed by atoms with van der Waals surface area (Å²) in [6.45, 7) is 2.19. The maximum absolute atomic E-state index is 10.5. The van der Waals surface area contributed by atoms with Gasteiger partial charge in [-0.1, -0.05) is 19.1 Å². The molecule has 1 aromatic rings. The lowest BCUT2D eigenvalue weighted by molar-refractivity contribution is -0.384. The van der Waals surface area contributed by atoms with Crippen LogP contribution in [0.25, 0.3) is 0 Å². The molecule has 0 saturated heterocycles. The van der Waals surface area contributed by atoms with Crippen molar-refractivity contribution >= 4 is 5.69 Å². The van der Waals surface area contributed by atoms with Crippen LogP contribution in [0.15, 0.2) is 24.3 Å². The highest BCUT2D eigenvalue weighted by atomic mass is 16.6. The van der Waals surface area contributed by atoms with Gasteiger partial charge in [-0.05, 0) is 17.9 Å². The Bertz CT molecular complexity index is 351. The van der Waals surface area contributed by atoms with Gasteiger partial charge in [0.05, 0.1) is 11.0 Å². The van der Waals surface area contributed by atoms with Crippen molar-refractivity contribution in [3.63, 3.8) is 0 Å². The van der Waals surface area contributed by atoms with Crippen LogP contribution < -0.4 is 5.73 Å². The van der Waals surface area contributed by atoms with E-state index in [1.165, 1.54) is 12.1 Å². The first-order valence-electron chi connectivity index (χ1n) is 5.17. The summed E-state index contributed by atoms with van der Waals surface area (Å²) in [6, 6.07) is 6.37. The third kappa shape index (κ3) is 3.29. The highest BCUT2D eigenvalue weighted by molar-refractivity contribution is 5.34. The Morgan fingerprint density at radius 1 is 1.44 bits per heavy atom. The SMILES string of the molecule is CC(CC(O)CN)c1ccc([N+](=O)[O-])cc1. The second-order valence-corrected chi connectivity index (χ2v) is 3.87. The standard InChI is InChI=1S/C11H16N2O3/c1-8(6-11(14)7-12)9-2-4-10(5-3-9)13(15)16/h2-5,8,11,14H,6-7,12H2,1H3. The fourth-order valence-electron chi connectivity index (χ4n) is 1.56. The Morgan fingerprint density at radius 3 is 2.44 bits per heavy atom. The van der Waals surface area contributed by atoms with Gasteiger partial charge in [0.15, 0.2) is 0 Å². The second-order valence-electron chi connectivity index (χ2n) is 3.87. The van der Waals surface area contributed by atoms with Gasteiger partial charge in [0.25, 0.3) is 5.69 Å². The van der Waals surface area contributed by atoms with Crippen LogP contribution in [0.4, 0.5) is 5.69 Å². The Morgan fingerprint density at radius 2 is 2.00 bits per heavy atom. The molecule has 2 unspecified atom stereocenters. The van der Waals surface area contributed by atoms with Gasteiger partial charge in [0.1, 0.15) is 0 Å². The van der Waals surface area contributed by atoms with Gasteiger partial charge in [-0.2, -0.15) is 0 Å². The van der Waals surface area contributed by atoms with E-state index in [1.807, 2.05) is 6.92 Å². The smallest absolute Gasteiger partial charge is 0.269 e. The maximum Gasteiger partial charge on any atom is 0.269 e. The minimum Gasteiger partial charge on any atom is -0.392 e. The highest BCUT2D eigenvalue weighted by Gasteiger charge is 2.12. The maximum atomic E-state index is 10.5. The second kappa shape index (κ2) is 5.58. The van der Waals surface area contributed by atoms with E-state index in [2.05, 4.69) is 0 Å². The molecule has 5 nitrogen and oxygen atoms in total. The molecular formula is C11H16N2O3. The molecular weight excluding hydrogens is 208 g/mol. The molecule has 0 aliphatic rings. The van der Waals surface area contributed by atoms with Gasteiger partial charge in [0, 0.05) is 18.7 Å². The van der Waals surface area contributed by atoms with E-state index < -0.39 is 11.0 Å². The summed E-state index contributed by atoms with van der Waals surface area (Å²) in [5, 5.41) is 19.9. The molecule has 1 rings (SSSR count). The van der Waals surface area contributed by atoms with Crippen molar-refractivity contribution in [2.75, 3.05) is 6.54 Å². The molecule has 16 heavy (non-hydrogen) atoms. The summed E-state index contributed by atoms with van der Waals surface area (Å²) < 4.78 is 0. The van der Waals surface area contributed by atoms with E-state index in [9.17, 15) is 15.2 Å². The first-order valence-corrected chi connectivity index (χ1v) is 5.17. The van der Waals surface area contributed by atoms with Gasteiger partial charge < -0.3 is 10.8 Å². The van der Waals surface area contributed by atoms with E-state index in [0.29, 0.717) is 6.42 Å². The summed E-state index contributed by atoms with van der Waals surface area (Å²) in [5.74, 6) is 0.138. The quantitative estimate of drug-likeness (QED) is 0.584.